The quantitative estimate of drug-likeness (QED) is 0.752. The maximum atomic E-state index is 5.88. The lowest BCUT2D eigenvalue weighted by Crippen LogP contribution is -2.16. The molecule has 1 nitrogen and oxygen atoms in total. The smallest absolute Gasteiger partial charge is 0.108 e. The lowest BCUT2D eigenvalue weighted by molar-refractivity contribution is 0.720. The van der Waals surface area contributed by atoms with E-state index in [1.165, 1.54) is 11.3 Å². The average molecular weight is 214 g/mol. The van der Waals surface area contributed by atoms with Gasteiger partial charge in [0.2, 0.25) is 0 Å². The van der Waals surface area contributed by atoms with E-state index < -0.39 is 0 Å². The molecular weight excluding hydrogens is 202 g/mol. The van der Waals surface area contributed by atoms with Crippen molar-refractivity contribution >= 4 is 22.9 Å². The molecule has 0 aliphatic rings. The molecule has 0 aliphatic heterocycles. The zero-order valence-electron chi connectivity index (χ0n) is 7.51. The molecule has 0 spiro atoms. The Kier molecular flexibility index (Phi) is 4.31. The highest BCUT2D eigenvalue weighted by molar-refractivity contribution is 7.14. The first-order valence-electron chi connectivity index (χ1n) is 4.24. The molecule has 0 bridgehead atoms. The summed E-state index contributed by atoms with van der Waals surface area (Å²) in [5.41, 5.74) is 6.62. The molecule has 70 valence electrons. The summed E-state index contributed by atoms with van der Waals surface area (Å²) in [5.74, 6) is 5.96. The fourth-order valence-electron chi connectivity index (χ4n) is 0.935. The maximum Gasteiger partial charge on any atom is 0.108 e. The monoisotopic (exact) mass is 213 g/mol. The van der Waals surface area contributed by atoms with E-state index in [1.54, 1.807) is 0 Å². The van der Waals surface area contributed by atoms with Crippen LogP contribution in [-0.4, -0.2) is 6.04 Å². The van der Waals surface area contributed by atoms with E-state index in [1.807, 2.05) is 11.4 Å². The number of thiophene rings is 1. The molecule has 0 amide bonds. The zero-order chi connectivity index (χ0) is 9.68. The number of hydrogen-bond acceptors (Lipinski definition) is 2. The number of nitrogens with two attached hydrogens (primary N) is 1. The van der Waals surface area contributed by atoms with Gasteiger partial charge in [-0.1, -0.05) is 36.8 Å². The van der Waals surface area contributed by atoms with Crippen LogP contribution in [0.15, 0.2) is 11.4 Å². The molecule has 1 atom stereocenters. The Morgan fingerprint density at radius 1 is 1.69 bits per heavy atom. The third-order valence-electron chi connectivity index (χ3n) is 1.61. The van der Waals surface area contributed by atoms with Crippen molar-refractivity contribution in [1.29, 1.82) is 0 Å². The van der Waals surface area contributed by atoms with Gasteiger partial charge < -0.3 is 5.73 Å². The van der Waals surface area contributed by atoms with Gasteiger partial charge in [0, 0.05) is 0 Å². The van der Waals surface area contributed by atoms with Gasteiger partial charge in [-0.2, -0.15) is 0 Å². The van der Waals surface area contributed by atoms with E-state index in [4.69, 9.17) is 17.3 Å². The summed E-state index contributed by atoms with van der Waals surface area (Å²) < 4.78 is 0.746. The van der Waals surface area contributed by atoms with Crippen molar-refractivity contribution in [3.63, 3.8) is 0 Å². The van der Waals surface area contributed by atoms with E-state index in [9.17, 15) is 0 Å². The third-order valence-corrected chi connectivity index (χ3v) is 2.78. The molecule has 0 saturated carbocycles. The lowest BCUT2D eigenvalue weighted by Gasteiger charge is -1.98. The molecule has 1 heterocycles. The Hall–Kier alpha value is -0.490. The molecule has 0 aromatic carbocycles. The second-order valence-corrected chi connectivity index (χ2v) is 4.29. The number of rotatable bonds is 2. The normalized spacial score (nSPS) is 11.9. The summed E-state index contributed by atoms with van der Waals surface area (Å²) >= 11 is 7.37. The molecule has 0 radical (unpaired) electrons. The molecule has 0 aliphatic carbocycles. The standard InChI is InChI=1S/C10H12ClNS/c1-2-3-9(12)5-4-8-6-7-13-10(8)11/h6-7,9H,2-3,12H2,1H3. The average Bonchev–Trinajstić information content (AvgIpc) is 2.48. The SMILES string of the molecule is CCCC(N)C#Cc1ccsc1Cl. The molecule has 1 aromatic rings. The van der Waals surface area contributed by atoms with Crippen molar-refractivity contribution in [1.82, 2.24) is 0 Å². The summed E-state index contributed by atoms with van der Waals surface area (Å²) in [7, 11) is 0. The highest BCUT2D eigenvalue weighted by Crippen LogP contribution is 2.21. The highest BCUT2D eigenvalue weighted by Gasteiger charge is 1.97. The van der Waals surface area contributed by atoms with Crippen LogP contribution in [0.4, 0.5) is 0 Å². The van der Waals surface area contributed by atoms with Gasteiger partial charge >= 0.3 is 0 Å². The summed E-state index contributed by atoms with van der Waals surface area (Å²) in [6.07, 6.45) is 2.00. The van der Waals surface area contributed by atoms with Crippen LogP contribution in [0.25, 0.3) is 0 Å². The summed E-state index contributed by atoms with van der Waals surface area (Å²) in [4.78, 5) is 0. The third kappa shape index (κ3) is 3.40. The van der Waals surface area contributed by atoms with Crippen molar-refractivity contribution in [3.8, 4) is 11.8 Å². The van der Waals surface area contributed by atoms with Crippen molar-refractivity contribution < 1.29 is 0 Å². The van der Waals surface area contributed by atoms with Crippen LogP contribution in [0.3, 0.4) is 0 Å². The minimum Gasteiger partial charge on any atom is -0.318 e. The first kappa shape index (κ1) is 10.6. The second-order valence-electron chi connectivity index (χ2n) is 2.77. The van der Waals surface area contributed by atoms with Crippen LogP contribution >= 0.6 is 22.9 Å². The maximum absolute atomic E-state index is 5.88. The van der Waals surface area contributed by atoms with Gasteiger partial charge in [-0.15, -0.1) is 11.3 Å². The zero-order valence-corrected chi connectivity index (χ0v) is 9.08. The predicted octanol–water partition coefficient (Wildman–Crippen LogP) is 2.88. The molecule has 3 heteroatoms. The van der Waals surface area contributed by atoms with Crippen LogP contribution in [0.5, 0.6) is 0 Å². The number of halogens is 1. The Morgan fingerprint density at radius 2 is 2.46 bits per heavy atom. The molecule has 1 aromatic heterocycles. The minimum atomic E-state index is -0.0269. The fourth-order valence-corrected chi connectivity index (χ4v) is 1.77. The first-order valence-corrected chi connectivity index (χ1v) is 5.50. The van der Waals surface area contributed by atoms with E-state index in [0.29, 0.717) is 0 Å². The van der Waals surface area contributed by atoms with Gasteiger partial charge in [0.05, 0.1) is 11.6 Å². The van der Waals surface area contributed by atoms with E-state index >= 15 is 0 Å². The Balaban J connectivity index is 2.62. The minimum absolute atomic E-state index is 0.0269. The summed E-state index contributed by atoms with van der Waals surface area (Å²) in [6, 6.07) is 1.89. The van der Waals surface area contributed by atoms with Crippen molar-refractivity contribution in [2.75, 3.05) is 0 Å². The highest BCUT2D eigenvalue weighted by atomic mass is 35.5. The van der Waals surface area contributed by atoms with Crippen LogP contribution < -0.4 is 5.73 Å². The molecule has 13 heavy (non-hydrogen) atoms. The topological polar surface area (TPSA) is 26.0 Å². The molecular formula is C10H12ClNS. The van der Waals surface area contributed by atoms with Gasteiger partial charge in [0.25, 0.3) is 0 Å². The molecule has 0 saturated heterocycles. The van der Waals surface area contributed by atoms with E-state index in [-0.39, 0.29) is 6.04 Å². The van der Waals surface area contributed by atoms with Crippen molar-refractivity contribution in [2.24, 2.45) is 5.73 Å². The Bertz CT molecular complexity index is 321. The molecule has 1 unspecified atom stereocenters. The van der Waals surface area contributed by atoms with Gasteiger partial charge in [0.15, 0.2) is 0 Å². The Labute approximate surface area is 87.9 Å². The fraction of sp³-hybridized carbons (Fsp3) is 0.400. The van der Waals surface area contributed by atoms with Crippen molar-refractivity contribution in [2.45, 2.75) is 25.8 Å². The number of hydrogen-bond donors (Lipinski definition) is 1. The van der Waals surface area contributed by atoms with Crippen LogP contribution in [0.2, 0.25) is 4.34 Å². The predicted molar refractivity (Wildman–Crippen MR) is 59.1 cm³/mol. The van der Waals surface area contributed by atoms with E-state index in [2.05, 4.69) is 18.8 Å². The van der Waals surface area contributed by atoms with Gasteiger partial charge in [-0.05, 0) is 17.9 Å². The van der Waals surface area contributed by atoms with Crippen LogP contribution in [-0.2, 0) is 0 Å². The van der Waals surface area contributed by atoms with E-state index in [0.717, 1.165) is 22.7 Å². The van der Waals surface area contributed by atoms with Crippen LogP contribution in [0, 0.1) is 11.8 Å². The molecule has 1 rings (SSSR count). The van der Waals surface area contributed by atoms with Gasteiger partial charge in [-0.25, -0.2) is 0 Å². The van der Waals surface area contributed by atoms with Gasteiger partial charge in [0.1, 0.15) is 4.34 Å². The summed E-state index contributed by atoms with van der Waals surface area (Å²) in [6.45, 7) is 2.10. The Morgan fingerprint density at radius 3 is 3.00 bits per heavy atom. The first-order chi connectivity index (χ1) is 6.24. The largest absolute Gasteiger partial charge is 0.318 e. The molecule has 2 N–H and O–H groups in total. The van der Waals surface area contributed by atoms with Crippen LogP contribution in [0.1, 0.15) is 25.3 Å². The summed E-state index contributed by atoms with van der Waals surface area (Å²) in [5, 5.41) is 1.93. The lowest BCUT2D eigenvalue weighted by atomic mass is 10.2. The van der Waals surface area contributed by atoms with Gasteiger partial charge in [-0.3, -0.25) is 0 Å². The van der Waals surface area contributed by atoms with Crippen molar-refractivity contribution in [3.05, 3.63) is 21.3 Å². The molecule has 0 fully saturated rings. The second kappa shape index (κ2) is 5.29.